The van der Waals surface area contributed by atoms with Gasteiger partial charge in [0.05, 0.1) is 24.7 Å². The van der Waals surface area contributed by atoms with Crippen molar-refractivity contribution >= 4 is 23.7 Å². The molecule has 0 fully saturated rings. The van der Waals surface area contributed by atoms with Gasteiger partial charge in [-0.25, -0.2) is 0 Å². The van der Waals surface area contributed by atoms with E-state index in [0.717, 1.165) is 4.90 Å². The van der Waals surface area contributed by atoms with Crippen LogP contribution in [0.2, 0.25) is 0 Å². The highest BCUT2D eigenvalue weighted by molar-refractivity contribution is 6.21. The number of carbonyl (C=O) groups is 4. The fourth-order valence-electron chi connectivity index (χ4n) is 2.61. The number of hydrogen-bond donors (Lipinski definition) is 0. The zero-order valence-corrected chi connectivity index (χ0v) is 14.1. The summed E-state index contributed by atoms with van der Waals surface area (Å²) >= 11 is 0. The molecule has 1 aliphatic heterocycles. The average Bonchev–Trinajstić information content (AvgIpc) is 2.87. The van der Waals surface area contributed by atoms with Gasteiger partial charge in [0.2, 0.25) is 5.91 Å². The number of ether oxygens (including phenoxy) is 1. The number of rotatable bonds is 8. The van der Waals surface area contributed by atoms with E-state index < -0.39 is 17.8 Å². The van der Waals surface area contributed by atoms with Crippen LogP contribution in [0.5, 0.6) is 0 Å². The van der Waals surface area contributed by atoms with Crippen LogP contribution in [-0.2, 0) is 14.3 Å². The second kappa shape index (κ2) is 8.23. The summed E-state index contributed by atoms with van der Waals surface area (Å²) in [6.45, 7) is 4.06. The third kappa shape index (κ3) is 4.12. The van der Waals surface area contributed by atoms with Crippen molar-refractivity contribution in [3.8, 4) is 0 Å². The minimum Gasteiger partial charge on any atom is -0.469 e. The van der Waals surface area contributed by atoms with E-state index in [-0.39, 0.29) is 38.4 Å². The summed E-state index contributed by atoms with van der Waals surface area (Å²) in [5.74, 6) is -1.46. The molecular weight excluding hydrogens is 324 g/mol. The van der Waals surface area contributed by atoms with Gasteiger partial charge in [0.1, 0.15) is 0 Å². The molecule has 0 saturated heterocycles. The third-order valence-electron chi connectivity index (χ3n) is 3.94. The Kier molecular flexibility index (Phi) is 6.05. The maximum Gasteiger partial charge on any atom is 0.307 e. The van der Waals surface area contributed by atoms with Gasteiger partial charge >= 0.3 is 5.97 Å². The van der Waals surface area contributed by atoms with Crippen molar-refractivity contribution < 1.29 is 23.9 Å². The number of hydrogen-bond acceptors (Lipinski definition) is 5. The minimum atomic E-state index is -0.415. The van der Waals surface area contributed by atoms with Gasteiger partial charge in [0.25, 0.3) is 11.8 Å². The van der Waals surface area contributed by atoms with Crippen LogP contribution in [0.4, 0.5) is 0 Å². The first-order valence-corrected chi connectivity index (χ1v) is 7.90. The average molecular weight is 344 g/mol. The standard InChI is InChI=1S/C18H20N2O5/c1-3-10-19(11-9-16(22)25-2)15(21)8-12-20-17(23)13-6-4-5-7-14(13)18(20)24/h3-7H,1,8-12H2,2H3. The van der Waals surface area contributed by atoms with E-state index in [1.165, 1.54) is 12.0 Å². The Morgan fingerprint density at radius 1 is 1.16 bits per heavy atom. The lowest BCUT2D eigenvalue weighted by Gasteiger charge is -2.22. The first-order valence-electron chi connectivity index (χ1n) is 7.90. The molecule has 0 N–H and O–H groups in total. The van der Waals surface area contributed by atoms with Crippen LogP contribution in [0, 0.1) is 0 Å². The molecule has 1 aromatic carbocycles. The smallest absolute Gasteiger partial charge is 0.307 e. The summed E-state index contributed by atoms with van der Waals surface area (Å²) in [6, 6.07) is 6.57. The van der Waals surface area contributed by atoms with Gasteiger partial charge in [-0.1, -0.05) is 18.2 Å². The monoisotopic (exact) mass is 344 g/mol. The predicted molar refractivity (Wildman–Crippen MR) is 89.8 cm³/mol. The molecule has 0 spiro atoms. The Morgan fingerprint density at radius 3 is 2.28 bits per heavy atom. The summed E-state index contributed by atoms with van der Waals surface area (Å²) in [6.07, 6.45) is 1.61. The predicted octanol–water partition coefficient (Wildman–Crippen LogP) is 1.25. The van der Waals surface area contributed by atoms with Gasteiger partial charge in [-0.05, 0) is 12.1 Å². The number of imide groups is 1. The molecule has 0 saturated carbocycles. The number of esters is 1. The van der Waals surface area contributed by atoms with Crippen molar-refractivity contribution in [2.75, 3.05) is 26.7 Å². The van der Waals surface area contributed by atoms with E-state index in [1.54, 1.807) is 30.3 Å². The number of carbonyl (C=O) groups excluding carboxylic acids is 4. The number of benzene rings is 1. The van der Waals surface area contributed by atoms with Crippen molar-refractivity contribution in [3.63, 3.8) is 0 Å². The Morgan fingerprint density at radius 2 is 1.76 bits per heavy atom. The van der Waals surface area contributed by atoms with Crippen LogP contribution in [0.1, 0.15) is 33.6 Å². The largest absolute Gasteiger partial charge is 0.469 e. The van der Waals surface area contributed by atoms with Gasteiger partial charge in [-0.2, -0.15) is 0 Å². The molecule has 1 aromatic rings. The molecular formula is C18H20N2O5. The molecule has 132 valence electrons. The first-order chi connectivity index (χ1) is 12.0. The van der Waals surface area contributed by atoms with E-state index in [2.05, 4.69) is 11.3 Å². The molecule has 1 heterocycles. The molecule has 0 atom stereocenters. The van der Waals surface area contributed by atoms with E-state index in [0.29, 0.717) is 11.1 Å². The van der Waals surface area contributed by atoms with E-state index in [9.17, 15) is 19.2 Å². The van der Waals surface area contributed by atoms with E-state index >= 15 is 0 Å². The minimum absolute atomic E-state index is 0.00293. The van der Waals surface area contributed by atoms with Gasteiger partial charge < -0.3 is 9.64 Å². The van der Waals surface area contributed by atoms with Crippen molar-refractivity contribution in [1.82, 2.24) is 9.80 Å². The molecule has 2 rings (SSSR count). The summed E-state index contributed by atoms with van der Waals surface area (Å²) in [5.41, 5.74) is 0.710. The zero-order chi connectivity index (χ0) is 18.4. The Bertz CT molecular complexity index is 678. The highest BCUT2D eigenvalue weighted by atomic mass is 16.5. The highest BCUT2D eigenvalue weighted by Crippen LogP contribution is 2.22. The normalized spacial score (nSPS) is 12.8. The number of amides is 3. The van der Waals surface area contributed by atoms with Gasteiger partial charge in [-0.15, -0.1) is 6.58 Å². The van der Waals surface area contributed by atoms with E-state index in [4.69, 9.17) is 0 Å². The molecule has 3 amide bonds. The summed E-state index contributed by atoms with van der Waals surface area (Å²) in [5, 5.41) is 0. The van der Waals surface area contributed by atoms with Gasteiger partial charge in [-0.3, -0.25) is 24.1 Å². The molecule has 1 aliphatic rings. The van der Waals surface area contributed by atoms with Crippen LogP contribution >= 0.6 is 0 Å². The fraction of sp³-hybridized carbons (Fsp3) is 0.333. The Balaban J connectivity index is 1.96. The molecule has 0 radical (unpaired) electrons. The Labute approximate surface area is 145 Å². The van der Waals surface area contributed by atoms with Crippen LogP contribution in [0.3, 0.4) is 0 Å². The first kappa shape index (κ1) is 18.4. The van der Waals surface area contributed by atoms with Crippen LogP contribution in [-0.4, -0.2) is 60.2 Å². The quantitative estimate of drug-likeness (QED) is 0.403. The topological polar surface area (TPSA) is 84.0 Å². The van der Waals surface area contributed by atoms with Crippen LogP contribution in [0.15, 0.2) is 36.9 Å². The van der Waals surface area contributed by atoms with Gasteiger partial charge in [0.15, 0.2) is 0 Å². The van der Waals surface area contributed by atoms with Crippen molar-refractivity contribution in [1.29, 1.82) is 0 Å². The summed E-state index contributed by atoms with van der Waals surface area (Å²) in [4.78, 5) is 50.7. The SMILES string of the molecule is C=CCN(CCC(=O)OC)C(=O)CCN1C(=O)c2ccccc2C1=O. The summed E-state index contributed by atoms with van der Waals surface area (Å²) in [7, 11) is 1.28. The highest BCUT2D eigenvalue weighted by Gasteiger charge is 2.35. The number of methoxy groups -OCH3 is 1. The van der Waals surface area contributed by atoms with E-state index in [1.807, 2.05) is 0 Å². The molecule has 0 aromatic heterocycles. The molecule has 0 unspecified atom stereocenters. The molecule has 0 aliphatic carbocycles. The fourth-order valence-corrected chi connectivity index (χ4v) is 2.61. The lowest BCUT2D eigenvalue weighted by molar-refractivity contribution is -0.141. The molecule has 25 heavy (non-hydrogen) atoms. The van der Waals surface area contributed by atoms with Crippen LogP contribution in [0.25, 0.3) is 0 Å². The zero-order valence-electron chi connectivity index (χ0n) is 14.1. The second-order valence-electron chi connectivity index (χ2n) is 5.51. The maximum atomic E-state index is 12.4. The van der Waals surface area contributed by atoms with Crippen molar-refractivity contribution in [2.24, 2.45) is 0 Å². The molecule has 7 nitrogen and oxygen atoms in total. The number of fused-ring (bicyclic) bond motifs is 1. The summed E-state index contributed by atoms with van der Waals surface area (Å²) < 4.78 is 4.56. The van der Waals surface area contributed by atoms with Crippen molar-refractivity contribution in [2.45, 2.75) is 12.8 Å². The molecule has 0 bridgehead atoms. The van der Waals surface area contributed by atoms with Crippen LogP contribution < -0.4 is 0 Å². The lowest BCUT2D eigenvalue weighted by atomic mass is 10.1. The van der Waals surface area contributed by atoms with Crippen molar-refractivity contribution in [3.05, 3.63) is 48.0 Å². The van der Waals surface area contributed by atoms with Gasteiger partial charge in [0, 0.05) is 26.1 Å². The third-order valence-corrected chi connectivity index (χ3v) is 3.94. The number of nitrogens with zero attached hydrogens (tertiary/aromatic N) is 2. The lowest BCUT2D eigenvalue weighted by Crippen LogP contribution is -2.37. The maximum absolute atomic E-state index is 12.4. The second-order valence-corrected chi connectivity index (χ2v) is 5.51. The molecule has 7 heteroatoms. The Hall–Kier alpha value is -2.96.